The van der Waals surface area contributed by atoms with Crippen LogP contribution >= 0.6 is 28.3 Å². The van der Waals surface area contributed by atoms with Crippen LogP contribution in [0.3, 0.4) is 0 Å². The van der Waals surface area contributed by atoms with E-state index in [-0.39, 0.29) is 12.4 Å². The molecule has 3 heteroatoms. The highest BCUT2D eigenvalue weighted by molar-refractivity contribution is 9.10. The monoisotopic (exact) mass is 325 g/mol. The molecule has 0 amide bonds. The van der Waals surface area contributed by atoms with Gasteiger partial charge in [0, 0.05) is 11.0 Å². The number of hydrogen-bond donors (Lipinski definition) is 1. The Bertz CT molecular complexity index is 482. The average molecular weight is 327 g/mol. The zero-order valence-corrected chi connectivity index (χ0v) is 12.5. The molecule has 0 aromatic heterocycles. The van der Waals surface area contributed by atoms with Crippen LogP contribution in [-0.4, -0.2) is 0 Å². The Kier molecular flexibility index (Phi) is 6.41. The normalized spacial score (nSPS) is 9.89. The lowest BCUT2D eigenvalue weighted by molar-refractivity contribution is 0.921. The second-order valence-corrected chi connectivity index (χ2v) is 5.01. The third-order valence-electron chi connectivity index (χ3n) is 2.93. The summed E-state index contributed by atoms with van der Waals surface area (Å²) < 4.78 is 1.13. The van der Waals surface area contributed by atoms with E-state index in [0.717, 1.165) is 17.3 Å². The summed E-state index contributed by atoms with van der Waals surface area (Å²) in [7, 11) is 0. The van der Waals surface area contributed by atoms with Crippen LogP contribution in [0.15, 0.2) is 53.0 Å². The molecule has 0 unspecified atom stereocenters. The van der Waals surface area contributed by atoms with Crippen LogP contribution in [0.25, 0.3) is 0 Å². The second-order valence-electron chi connectivity index (χ2n) is 4.10. The minimum absolute atomic E-state index is 0. The van der Waals surface area contributed by atoms with Gasteiger partial charge in [-0.25, -0.2) is 0 Å². The molecule has 0 aliphatic rings. The van der Waals surface area contributed by atoms with Gasteiger partial charge in [-0.05, 0) is 41.7 Å². The van der Waals surface area contributed by atoms with Crippen LogP contribution in [0.4, 0.5) is 0 Å². The van der Waals surface area contributed by atoms with Crippen LogP contribution in [0.2, 0.25) is 0 Å². The zero-order valence-electron chi connectivity index (χ0n) is 10.1. The average Bonchev–Trinajstić information content (AvgIpc) is 2.38. The highest BCUT2D eigenvalue weighted by atomic mass is 79.9. The minimum Gasteiger partial charge on any atom is -0.326 e. The Hall–Kier alpha value is -0.830. The Labute approximate surface area is 123 Å². The van der Waals surface area contributed by atoms with E-state index in [4.69, 9.17) is 5.73 Å². The molecule has 2 rings (SSSR count). The number of halogens is 2. The van der Waals surface area contributed by atoms with Gasteiger partial charge in [0.15, 0.2) is 0 Å². The zero-order chi connectivity index (χ0) is 12.1. The largest absolute Gasteiger partial charge is 0.326 e. The third-order valence-corrected chi connectivity index (χ3v) is 3.46. The van der Waals surface area contributed by atoms with Gasteiger partial charge in [0.1, 0.15) is 0 Å². The number of rotatable bonds is 4. The smallest absolute Gasteiger partial charge is 0.0180 e. The van der Waals surface area contributed by atoms with Gasteiger partial charge >= 0.3 is 0 Å². The molecule has 18 heavy (non-hydrogen) atoms. The number of aryl methyl sites for hydroxylation is 2. The summed E-state index contributed by atoms with van der Waals surface area (Å²) in [6.07, 6.45) is 2.11. The van der Waals surface area contributed by atoms with Crippen molar-refractivity contribution in [3.63, 3.8) is 0 Å². The molecule has 0 spiro atoms. The van der Waals surface area contributed by atoms with E-state index in [1.54, 1.807) is 0 Å². The summed E-state index contributed by atoms with van der Waals surface area (Å²) >= 11 is 3.45. The fourth-order valence-electron chi connectivity index (χ4n) is 1.93. The highest BCUT2D eigenvalue weighted by Gasteiger charge is 2.00. The van der Waals surface area contributed by atoms with Gasteiger partial charge < -0.3 is 5.73 Å². The van der Waals surface area contributed by atoms with E-state index >= 15 is 0 Å². The summed E-state index contributed by atoms with van der Waals surface area (Å²) in [6, 6.07) is 16.9. The minimum atomic E-state index is 0. The molecule has 0 radical (unpaired) electrons. The van der Waals surface area contributed by atoms with E-state index in [9.17, 15) is 0 Å². The van der Waals surface area contributed by atoms with Gasteiger partial charge in [-0.3, -0.25) is 0 Å². The molecule has 2 aromatic rings. The standard InChI is InChI=1S/C15H16BrN.ClH/c16-15-9-6-12(7-10-15)5-8-13-3-1-2-4-14(13)11-17;/h1-4,6-7,9-10H,5,8,11,17H2;1H. The third kappa shape index (κ3) is 4.13. The first kappa shape index (κ1) is 15.2. The highest BCUT2D eigenvalue weighted by Crippen LogP contribution is 2.14. The number of benzene rings is 2. The first-order valence-electron chi connectivity index (χ1n) is 5.81. The fourth-order valence-corrected chi connectivity index (χ4v) is 2.19. The van der Waals surface area contributed by atoms with Crippen molar-refractivity contribution in [3.05, 3.63) is 69.7 Å². The van der Waals surface area contributed by atoms with Crippen molar-refractivity contribution in [2.24, 2.45) is 5.73 Å². The fraction of sp³-hybridized carbons (Fsp3) is 0.200. The predicted octanol–water partition coefficient (Wildman–Crippen LogP) is 4.11. The molecule has 0 aliphatic heterocycles. The number of nitrogens with two attached hydrogens (primary N) is 1. The van der Waals surface area contributed by atoms with Crippen LogP contribution in [0.1, 0.15) is 16.7 Å². The summed E-state index contributed by atoms with van der Waals surface area (Å²) in [6.45, 7) is 0.622. The van der Waals surface area contributed by atoms with Crippen molar-refractivity contribution >= 4 is 28.3 Å². The van der Waals surface area contributed by atoms with Gasteiger partial charge in [-0.15, -0.1) is 12.4 Å². The summed E-state index contributed by atoms with van der Waals surface area (Å²) in [5, 5.41) is 0. The quantitative estimate of drug-likeness (QED) is 0.899. The lowest BCUT2D eigenvalue weighted by Gasteiger charge is -2.07. The van der Waals surface area contributed by atoms with E-state index in [1.807, 2.05) is 6.07 Å². The van der Waals surface area contributed by atoms with Crippen molar-refractivity contribution in [2.75, 3.05) is 0 Å². The van der Waals surface area contributed by atoms with Crippen molar-refractivity contribution in [3.8, 4) is 0 Å². The van der Waals surface area contributed by atoms with E-state index in [1.165, 1.54) is 16.7 Å². The molecule has 0 saturated carbocycles. The maximum Gasteiger partial charge on any atom is 0.0180 e. The predicted molar refractivity (Wildman–Crippen MR) is 83.1 cm³/mol. The van der Waals surface area contributed by atoms with Crippen LogP contribution in [-0.2, 0) is 19.4 Å². The van der Waals surface area contributed by atoms with Gasteiger partial charge in [-0.2, -0.15) is 0 Å². The molecule has 0 fully saturated rings. The van der Waals surface area contributed by atoms with Gasteiger partial charge in [-0.1, -0.05) is 52.3 Å². The Balaban J connectivity index is 0.00000162. The lowest BCUT2D eigenvalue weighted by atomic mass is 10.00. The van der Waals surface area contributed by atoms with Crippen molar-refractivity contribution < 1.29 is 0 Å². The van der Waals surface area contributed by atoms with Crippen LogP contribution in [0, 0.1) is 0 Å². The molecule has 2 aromatic carbocycles. The van der Waals surface area contributed by atoms with E-state index in [0.29, 0.717) is 6.54 Å². The molecule has 1 nitrogen and oxygen atoms in total. The van der Waals surface area contributed by atoms with Crippen LogP contribution in [0.5, 0.6) is 0 Å². The molecule has 0 atom stereocenters. The van der Waals surface area contributed by atoms with Gasteiger partial charge in [0.25, 0.3) is 0 Å². The first-order valence-corrected chi connectivity index (χ1v) is 6.60. The molecule has 2 N–H and O–H groups in total. The maximum absolute atomic E-state index is 5.73. The van der Waals surface area contributed by atoms with Crippen LogP contribution < -0.4 is 5.73 Å². The Morgan fingerprint density at radius 1 is 0.833 bits per heavy atom. The summed E-state index contributed by atoms with van der Waals surface area (Å²) in [5.74, 6) is 0. The van der Waals surface area contributed by atoms with Gasteiger partial charge in [0.05, 0.1) is 0 Å². The van der Waals surface area contributed by atoms with Crippen molar-refractivity contribution in [1.82, 2.24) is 0 Å². The lowest BCUT2D eigenvalue weighted by Crippen LogP contribution is -2.02. The SMILES string of the molecule is Cl.NCc1ccccc1CCc1ccc(Br)cc1. The Morgan fingerprint density at radius 2 is 1.44 bits per heavy atom. The molecular formula is C15H17BrClN. The molecular weight excluding hydrogens is 310 g/mol. The Morgan fingerprint density at radius 3 is 2.06 bits per heavy atom. The summed E-state index contributed by atoms with van der Waals surface area (Å²) in [5.41, 5.74) is 9.71. The van der Waals surface area contributed by atoms with E-state index in [2.05, 4.69) is 58.4 Å². The summed E-state index contributed by atoms with van der Waals surface area (Å²) in [4.78, 5) is 0. The van der Waals surface area contributed by atoms with Crippen molar-refractivity contribution in [2.45, 2.75) is 19.4 Å². The van der Waals surface area contributed by atoms with Crippen molar-refractivity contribution in [1.29, 1.82) is 0 Å². The van der Waals surface area contributed by atoms with Gasteiger partial charge in [0.2, 0.25) is 0 Å². The topological polar surface area (TPSA) is 26.0 Å². The molecule has 0 saturated heterocycles. The maximum atomic E-state index is 5.73. The molecule has 96 valence electrons. The number of hydrogen-bond acceptors (Lipinski definition) is 1. The van der Waals surface area contributed by atoms with E-state index < -0.39 is 0 Å². The first-order chi connectivity index (χ1) is 8.29. The molecule has 0 aliphatic carbocycles. The second kappa shape index (κ2) is 7.57. The molecule has 0 bridgehead atoms. The molecule has 0 heterocycles.